The number of hydrogen-bond donors (Lipinski definition) is 2. The molecule has 1 heterocycles. The van der Waals surface area contributed by atoms with Crippen molar-refractivity contribution in [3.05, 3.63) is 53.9 Å². The van der Waals surface area contributed by atoms with Gasteiger partial charge in [0.2, 0.25) is 0 Å². The van der Waals surface area contributed by atoms with Crippen molar-refractivity contribution in [2.45, 2.75) is 12.0 Å². The fourth-order valence-corrected chi connectivity index (χ4v) is 2.28. The number of nitrogens with two attached hydrogens (primary N) is 1. The molecule has 2 rings (SSSR count). The highest BCUT2D eigenvalue weighted by molar-refractivity contribution is 5.40. The van der Waals surface area contributed by atoms with E-state index < -0.39 is 6.10 Å². The van der Waals surface area contributed by atoms with E-state index in [1.54, 1.807) is 44.8 Å². The second-order valence-corrected chi connectivity index (χ2v) is 4.72. The molecule has 0 radical (unpaired) electrons. The van der Waals surface area contributed by atoms with Gasteiger partial charge in [0.25, 0.3) is 0 Å². The number of rotatable bonds is 6. The van der Waals surface area contributed by atoms with Gasteiger partial charge in [-0.1, -0.05) is 6.07 Å². The van der Waals surface area contributed by atoms with Gasteiger partial charge in [0.15, 0.2) is 0 Å². The van der Waals surface area contributed by atoms with Gasteiger partial charge >= 0.3 is 0 Å². The van der Waals surface area contributed by atoms with Crippen LogP contribution >= 0.6 is 0 Å². The van der Waals surface area contributed by atoms with Crippen LogP contribution in [0.1, 0.15) is 23.1 Å². The lowest BCUT2D eigenvalue weighted by molar-refractivity contribution is 0.146. The highest BCUT2D eigenvalue weighted by atomic mass is 16.5. The first-order valence-electron chi connectivity index (χ1n) is 6.70. The number of methoxy groups -OCH3 is 2. The Hall–Kier alpha value is -2.11. The Morgan fingerprint density at radius 1 is 1.14 bits per heavy atom. The summed E-state index contributed by atoms with van der Waals surface area (Å²) >= 11 is 0. The summed E-state index contributed by atoms with van der Waals surface area (Å²) in [7, 11) is 3.15. The average molecular weight is 288 g/mol. The molecule has 0 saturated heterocycles. The molecule has 1 aromatic carbocycles. The second kappa shape index (κ2) is 7.06. The van der Waals surface area contributed by atoms with Gasteiger partial charge in [-0.2, -0.15) is 0 Å². The molecule has 0 spiro atoms. The second-order valence-electron chi connectivity index (χ2n) is 4.72. The first-order chi connectivity index (χ1) is 10.2. The Labute approximate surface area is 124 Å². The van der Waals surface area contributed by atoms with Gasteiger partial charge in [0, 0.05) is 30.9 Å². The quantitative estimate of drug-likeness (QED) is 0.848. The molecule has 0 amide bonds. The maximum Gasteiger partial charge on any atom is 0.122 e. The molecule has 112 valence electrons. The Bertz CT molecular complexity index is 553. The van der Waals surface area contributed by atoms with Crippen LogP contribution in [0.5, 0.6) is 11.5 Å². The van der Waals surface area contributed by atoms with E-state index in [-0.39, 0.29) is 5.92 Å². The number of aliphatic hydroxyl groups excluding tert-OH is 1. The minimum absolute atomic E-state index is 0.240. The fourth-order valence-electron chi connectivity index (χ4n) is 2.28. The van der Waals surface area contributed by atoms with E-state index in [0.717, 1.165) is 5.56 Å². The van der Waals surface area contributed by atoms with Crippen LogP contribution in [0, 0.1) is 0 Å². The molecule has 5 nitrogen and oxygen atoms in total. The van der Waals surface area contributed by atoms with Crippen LogP contribution < -0.4 is 15.2 Å². The molecular weight excluding hydrogens is 268 g/mol. The van der Waals surface area contributed by atoms with Crippen LogP contribution in [0.25, 0.3) is 0 Å². The largest absolute Gasteiger partial charge is 0.497 e. The fraction of sp³-hybridized carbons (Fsp3) is 0.312. The molecule has 0 aliphatic heterocycles. The highest BCUT2D eigenvalue weighted by Gasteiger charge is 2.22. The Morgan fingerprint density at radius 3 is 2.29 bits per heavy atom. The minimum Gasteiger partial charge on any atom is -0.497 e. The van der Waals surface area contributed by atoms with E-state index in [9.17, 15) is 5.11 Å². The molecule has 2 atom stereocenters. The third-order valence-corrected chi connectivity index (χ3v) is 3.46. The van der Waals surface area contributed by atoms with Crippen LogP contribution in [-0.4, -0.2) is 30.9 Å². The lowest BCUT2D eigenvalue weighted by atomic mass is 9.90. The molecule has 2 aromatic rings. The molecule has 1 aromatic heterocycles. The van der Waals surface area contributed by atoms with Crippen molar-refractivity contribution < 1.29 is 14.6 Å². The summed E-state index contributed by atoms with van der Waals surface area (Å²) < 4.78 is 10.5. The van der Waals surface area contributed by atoms with E-state index in [4.69, 9.17) is 15.2 Å². The molecular formula is C16H20N2O3. The minimum atomic E-state index is -0.761. The van der Waals surface area contributed by atoms with Gasteiger partial charge in [-0.05, 0) is 29.3 Å². The average Bonchev–Trinajstić information content (AvgIpc) is 2.55. The van der Waals surface area contributed by atoms with Crippen molar-refractivity contribution in [2.24, 2.45) is 5.73 Å². The van der Waals surface area contributed by atoms with Crippen LogP contribution in [-0.2, 0) is 0 Å². The van der Waals surface area contributed by atoms with Crippen molar-refractivity contribution in [3.8, 4) is 11.5 Å². The predicted octanol–water partition coefficient (Wildman–Crippen LogP) is 1.87. The summed E-state index contributed by atoms with van der Waals surface area (Å²) in [4.78, 5) is 4.08. The number of benzene rings is 1. The summed E-state index contributed by atoms with van der Waals surface area (Å²) in [5.74, 6) is 1.02. The zero-order valence-corrected chi connectivity index (χ0v) is 12.2. The van der Waals surface area contributed by atoms with Gasteiger partial charge in [-0.15, -0.1) is 0 Å². The Balaban J connectivity index is 2.35. The van der Waals surface area contributed by atoms with E-state index in [1.807, 2.05) is 12.1 Å². The zero-order chi connectivity index (χ0) is 15.2. The maximum absolute atomic E-state index is 10.7. The van der Waals surface area contributed by atoms with E-state index in [0.29, 0.717) is 23.6 Å². The van der Waals surface area contributed by atoms with Crippen molar-refractivity contribution in [3.63, 3.8) is 0 Å². The molecule has 21 heavy (non-hydrogen) atoms. The Kier molecular flexibility index (Phi) is 5.14. The number of hydrogen-bond acceptors (Lipinski definition) is 5. The molecule has 2 unspecified atom stereocenters. The predicted molar refractivity (Wildman–Crippen MR) is 80.5 cm³/mol. The molecule has 3 N–H and O–H groups in total. The van der Waals surface area contributed by atoms with Crippen molar-refractivity contribution in [1.82, 2.24) is 4.98 Å². The van der Waals surface area contributed by atoms with Crippen molar-refractivity contribution in [2.75, 3.05) is 20.8 Å². The Morgan fingerprint density at radius 2 is 1.81 bits per heavy atom. The molecule has 0 bridgehead atoms. The SMILES string of the molecule is COc1cc(OC)cc(C(O)C(CN)c2cccnc2)c1. The first kappa shape index (κ1) is 15.3. The number of aliphatic hydroxyl groups is 1. The third kappa shape index (κ3) is 3.51. The van der Waals surface area contributed by atoms with Gasteiger partial charge in [0.1, 0.15) is 11.5 Å². The summed E-state index contributed by atoms with van der Waals surface area (Å²) in [5.41, 5.74) is 7.43. The van der Waals surface area contributed by atoms with Gasteiger partial charge < -0.3 is 20.3 Å². The molecule has 0 fully saturated rings. The van der Waals surface area contributed by atoms with Crippen LogP contribution in [0.3, 0.4) is 0 Å². The van der Waals surface area contributed by atoms with Crippen LogP contribution in [0.15, 0.2) is 42.7 Å². The molecule has 0 aliphatic carbocycles. The van der Waals surface area contributed by atoms with E-state index in [1.165, 1.54) is 0 Å². The number of aromatic nitrogens is 1. The zero-order valence-electron chi connectivity index (χ0n) is 12.2. The highest BCUT2D eigenvalue weighted by Crippen LogP contribution is 2.34. The van der Waals surface area contributed by atoms with Gasteiger partial charge in [-0.3, -0.25) is 4.98 Å². The summed E-state index contributed by atoms with van der Waals surface area (Å²) in [6.07, 6.45) is 2.65. The van der Waals surface area contributed by atoms with E-state index >= 15 is 0 Å². The molecule has 0 aliphatic rings. The maximum atomic E-state index is 10.7. The lowest BCUT2D eigenvalue weighted by Crippen LogP contribution is -2.20. The molecule has 0 saturated carbocycles. The number of ether oxygens (including phenoxy) is 2. The first-order valence-corrected chi connectivity index (χ1v) is 6.70. The smallest absolute Gasteiger partial charge is 0.122 e. The summed E-state index contributed by atoms with van der Waals surface area (Å²) in [6, 6.07) is 9.07. The summed E-state index contributed by atoms with van der Waals surface area (Å²) in [5, 5.41) is 10.7. The number of nitrogens with zero attached hydrogens (tertiary/aromatic N) is 1. The van der Waals surface area contributed by atoms with Crippen molar-refractivity contribution >= 4 is 0 Å². The van der Waals surface area contributed by atoms with Crippen LogP contribution in [0.4, 0.5) is 0 Å². The normalized spacial score (nSPS) is 13.5. The van der Waals surface area contributed by atoms with Crippen LogP contribution in [0.2, 0.25) is 0 Å². The lowest BCUT2D eigenvalue weighted by Gasteiger charge is -2.22. The van der Waals surface area contributed by atoms with Gasteiger partial charge in [-0.25, -0.2) is 0 Å². The van der Waals surface area contributed by atoms with Gasteiger partial charge in [0.05, 0.1) is 20.3 Å². The topological polar surface area (TPSA) is 77.6 Å². The van der Waals surface area contributed by atoms with E-state index in [2.05, 4.69) is 4.98 Å². The monoisotopic (exact) mass is 288 g/mol. The number of pyridine rings is 1. The standard InChI is InChI=1S/C16H20N2O3/c1-20-13-6-12(7-14(8-13)21-2)16(19)15(9-17)11-4-3-5-18-10-11/h3-8,10,15-16,19H,9,17H2,1-2H3. The third-order valence-electron chi connectivity index (χ3n) is 3.46. The molecule has 5 heteroatoms. The van der Waals surface area contributed by atoms with Crippen molar-refractivity contribution in [1.29, 1.82) is 0 Å². The summed E-state index contributed by atoms with van der Waals surface area (Å²) in [6.45, 7) is 0.312.